The predicted molar refractivity (Wildman–Crippen MR) is 159 cm³/mol. The van der Waals surface area contributed by atoms with Crippen molar-refractivity contribution in [3.63, 3.8) is 0 Å². The van der Waals surface area contributed by atoms with Crippen molar-refractivity contribution in [1.82, 2.24) is 0 Å². The fourth-order valence-corrected chi connectivity index (χ4v) is 4.91. The first-order valence-electron chi connectivity index (χ1n) is 12.6. The van der Waals surface area contributed by atoms with E-state index >= 15 is 0 Å². The van der Waals surface area contributed by atoms with Crippen LogP contribution < -0.4 is 5.01 Å². The van der Waals surface area contributed by atoms with Crippen LogP contribution in [-0.4, -0.2) is 6.21 Å². The molecule has 2 nitrogen and oxygen atoms in total. The van der Waals surface area contributed by atoms with E-state index < -0.39 is 0 Å². The van der Waals surface area contributed by atoms with E-state index in [1.807, 2.05) is 11.2 Å². The zero-order valence-corrected chi connectivity index (χ0v) is 21.1. The van der Waals surface area contributed by atoms with Gasteiger partial charge in [0.05, 0.1) is 17.6 Å². The molecule has 6 aromatic carbocycles. The van der Waals surface area contributed by atoms with Crippen LogP contribution in [0.2, 0.25) is 0 Å². The third kappa shape index (κ3) is 4.62. The van der Waals surface area contributed by atoms with Crippen molar-refractivity contribution in [3.05, 3.63) is 144 Å². The van der Waals surface area contributed by atoms with Crippen LogP contribution in [0.4, 0.5) is 11.4 Å². The number of nitrogens with zero attached hydrogens (tertiary/aromatic N) is 2. The predicted octanol–water partition coefficient (Wildman–Crippen LogP) is 9.45. The summed E-state index contributed by atoms with van der Waals surface area (Å²) in [5.74, 6) is 0. The molecule has 6 rings (SSSR count). The van der Waals surface area contributed by atoms with Gasteiger partial charge in [0.25, 0.3) is 0 Å². The molecule has 2 heteroatoms. The number of rotatable bonds is 5. The molecule has 0 heterocycles. The van der Waals surface area contributed by atoms with Crippen molar-refractivity contribution in [2.45, 2.75) is 13.8 Å². The summed E-state index contributed by atoms with van der Waals surface area (Å²) in [5, 5.41) is 11.9. The lowest BCUT2D eigenvalue weighted by Crippen LogP contribution is -2.09. The van der Waals surface area contributed by atoms with Gasteiger partial charge in [-0.2, -0.15) is 5.10 Å². The smallest absolute Gasteiger partial charge is 0.0659 e. The maximum absolute atomic E-state index is 5.04. The molecule has 0 N–H and O–H groups in total. The molecule has 0 aromatic heterocycles. The Morgan fingerprint density at radius 1 is 0.486 bits per heavy atom. The van der Waals surface area contributed by atoms with Crippen LogP contribution in [0.3, 0.4) is 0 Å². The fraction of sp³-hybridized carbons (Fsp3) is 0.0571. The Bertz CT molecular complexity index is 1680. The van der Waals surface area contributed by atoms with Crippen molar-refractivity contribution in [1.29, 1.82) is 0 Å². The maximum atomic E-state index is 5.04. The monoisotopic (exact) mass is 476 g/mol. The Morgan fingerprint density at radius 3 is 1.65 bits per heavy atom. The summed E-state index contributed by atoms with van der Waals surface area (Å²) >= 11 is 0. The van der Waals surface area contributed by atoms with Crippen LogP contribution in [0.5, 0.6) is 0 Å². The van der Waals surface area contributed by atoms with Gasteiger partial charge in [-0.3, -0.25) is 0 Å². The normalized spacial score (nSPS) is 11.4. The van der Waals surface area contributed by atoms with Crippen molar-refractivity contribution < 1.29 is 0 Å². The van der Waals surface area contributed by atoms with E-state index in [2.05, 4.69) is 141 Å². The summed E-state index contributed by atoms with van der Waals surface area (Å²) in [6, 6.07) is 45.0. The molecule has 0 atom stereocenters. The molecular weight excluding hydrogens is 448 g/mol. The van der Waals surface area contributed by atoms with E-state index in [1.165, 1.54) is 43.8 Å². The summed E-state index contributed by atoms with van der Waals surface area (Å²) < 4.78 is 0. The first kappa shape index (κ1) is 22.8. The molecule has 178 valence electrons. The molecule has 0 amide bonds. The van der Waals surface area contributed by atoms with Crippen LogP contribution in [0.25, 0.3) is 32.7 Å². The third-order valence-corrected chi connectivity index (χ3v) is 6.97. The van der Waals surface area contributed by atoms with Crippen LogP contribution in [0.1, 0.15) is 16.7 Å². The number of hydrazone groups is 1. The second-order valence-electron chi connectivity index (χ2n) is 9.51. The lowest BCUT2D eigenvalue weighted by molar-refractivity contribution is 1.10. The molecule has 0 aliphatic heterocycles. The summed E-state index contributed by atoms with van der Waals surface area (Å²) in [5.41, 5.74) is 8.14. The van der Waals surface area contributed by atoms with E-state index in [9.17, 15) is 0 Å². The largest absolute Gasteiger partial charge is 0.234 e. The standard InChI is InChI=1S/C35H28N2/c1-25-9-3-8-14-34(25)35-21-27(16-15-26(35)2)24-36-37(32-19-17-28-10-4-6-12-30(28)22-32)33-20-18-29-11-5-7-13-31(29)23-33/h3-24H,1-2H3/b36-24-. The molecule has 0 saturated heterocycles. The van der Waals surface area contributed by atoms with Crippen molar-refractivity contribution in [2.24, 2.45) is 5.10 Å². The Balaban J connectivity index is 1.45. The van der Waals surface area contributed by atoms with Gasteiger partial charge in [0.15, 0.2) is 0 Å². The minimum atomic E-state index is 1.02. The zero-order chi connectivity index (χ0) is 25.2. The maximum Gasteiger partial charge on any atom is 0.0659 e. The van der Waals surface area contributed by atoms with E-state index in [-0.39, 0.29) is 0 Å². The molecule has 0 fully saturated rings. The minimum absolute atomic E-state index is 1.02. The van der Waals surface area contributed by atoms with Gasteiger partial charge in [-0.05, 0) is 93.5 Å². The van der Waals surface area contributed by atoms with Crippen LogP contribution >= 0.6 is 0 Å². The highest BCUT2D eigenvalue weighted by atomic mass is 15.5. The Kier molecular flexibility index (Phi) is 6.00. The molecule has 0 aliphatic rings. The van der Waals surface area contributed by atoms with Gasteiger partial charge in [0.1, 0.15) is 0 Å². The van der Waals surface area contributed by atoms with Gasteiger partial charge in [-0.15, -0.1) is 0 Å². The molecule has 0 bridgehead atoms. The van der Waals surface area contributed by atoms with Crippen molar-refractivity contribution >= 4 is 39.1 Å². The topological polar surface area (TPSA) is 15.6 Å². The molecular formula is C35H28N2. The number of fused-ring (bicyclic) bond motifs is 2. The summed E-state index contributed by atoms with van der Waals surface area (Å²) in [6.07, 6.45) is 1.96. The highest BCUT2D eigenvalue weighted by molar-refractivity contribution is 5.91. The number of aryl methyl sites for hydroxylation is 2. The molecule has 0 spiro atoms. The Morgan fingerprint density at radius 2 is 1.03 bits per heavy atom. The SMILES string of the molecule is Cc1ccccc1-c1cc(/C=N\N(c2ccc3ccccc3c2)c2ccc3ccccc3c2)ccc1C. The van der Waals surface area contributed by atoms with E-state index in [1.54, 1.807) is 0 Å². The highest BCUT2D eigenvalue weighted by Crippen LogP contribution is 2.32. The lowest BCUT2D eigenvalue weighted by Gasteiger charge is -2.20. The van der Waals surface area contributed by atoms with Crippen LogP contribution in [-0.2, 0) is 0 Å². The second kappa shape index (κ2) is 9.75. The molecule has 0 aliphatic carbocycles. The number of anilines is 2. The Labute approximate surface area is 218 Å². The number of hydrogen-bond donors (Lipinski definition) is 0. The van der Waals surface area contributed by atoms with Crippen LogP contribution in [0, 0.1) is 13.8 Å². The van der Waals surface area contributed by atoms with Gasteiger partial charge < -0.3 is 0 Å². The molecule has 6 aromatic rings. The van der Waals surface area contributed by atoms with Crippen molar-refractivity contribution in [2.75, 3.05) is 5.01 Å². The van der Waals surface area contributed by atoms with E-state index in [0.29, 0.717) is 0 Å². The quantitative estimate of drug-likeness (QED) is 0.179. The molecule has 0 unspecified atom stereocenters. The van der Waals surface area contributed by atoms with Crippen LogP contribution in [0.15, 0.2) is 132 Å². The second-order valence-corrected chi connectivity index (χ2v) is 9.51. The van der Waals surface area contributed by atoms with Crippen molar-refractivity contribution in [3.8, 4) is 11.1 Å². The lowest BCUT2D eigenvalue weighted by atomic mass is 9.95. The van der Waals surface area contributed by atoms with Gasteiger partial charge in [-0.25, -0.2) is 5.01 Å². The number of benzene rings is 6. The molecule has 0 radical (unpaired) electrons. The highest BCUT2D eigenvalue weighted by Gasteiger charge is 2.11. The summed E-state index contributed by atoms with van der Waals surface area (Å²) in [7, 11) is 0. The zero-order valence-electron chi connectivity index (χ0n) is 21.1. The van der Waals surface area contributed by atoms with Gasteiger partial charge in [0.2, 0.25) is 0 Å². The average Bonchev–Trinajstić information content (AvgIpc) is 2.94. The average molecular weight is 477 g/mol. The first-order chi connectivity index (χ1) is 18.2. The van der Waals surface area contributed by atoms with Gasteiger partial charge in [0, 0.05) is 0 Å². The first-order valence-corrected chi connectivity index (χ1v) is 12.6. The van der Waals surface area contributed by atoms with Gasteiger partial charge in [-0.1, -0.05) is 97.1 Å². The fourth-order valence-electron chi connectivity index (χ4n) is 4.91. The third-order valence-electron chi connectivity index (χ3n) is 6.97. The summed E-state index contributed by atoms with van der Waals surface area (Å²) in [4.78, 5) is 0. The Hall–Kier alpha value is -4.69. The minimum Gasteiger partial charge on any atom is -0.234 e. The molecule has 0 saturated carbocycles. The van der Waals surface area contributed by atoms with E-state index in [4.69, 9.17) is 5.10 Å². The number of hydrogen-bond acceptors (Lipinski definition) is 2. The van der Waals surface area contributed by atoms with E-state index in [0.717, 1.165) is 16.9 Å². The summed E-state index contributed by atoms with van der Waals surface area (Å²) in [6.45, 7) is 4.33. The van der Waals surface area contributed by atoms with Gasteiger partial charge >= 0.3 is 0 Å². The molecule has 37 heavy (non-hydrogen) atoms.